The summed E-state index contributed by atoms with van der Waals surface area (Å²) in [5.41, 5.74) is 0. The van der Waals surface area contributed by atoms with Crippen molar-refractivity contribution < 1.29 is 9.90 Å². The van der Waals surface area contributed by atoms with Crippen molar-refractivity contribution in [3.8, 4) is 0 Å². The maximum Gasteiger partial charge on any atom is 0.330 e. The Morgan fingerprint density at radius 2 is 2.67 bits per heavy atom. The van der Waals surface area contributed by atoms with E-state index in [1.54, 1.807) is 0 Å². The minimum atomic E-state index is -0.882. The van der Waals surface area contributed by atoms with Crippen LogP contribution >= 0.6 is 11.8 Å². The molecule has 0 amide bonds. The van der Waals surface area contributed by atoms with Crippen LogP contribution in [0.2, 0.25) is 0 Å². The number of nitrogens with one attached hydrogen (secondary N) is 1. The molecule has 1 aliphatic rings. The number of carboxylic acid groups (broad SMARTS) is 1. The van der Waals surface area contributed by atoms with Gasteiger partial charge in [0.15, 0.2) is 0 Å². The van der Waals surface area contributed by atoms with Gasteiger partial charge < -0.3 is 10.4 Å². The molecular weight excluding hydrogens is 138 g/mol. The van der Waals surface area contributed by atoms with Gasteiger partial charge in [-0.25, -0.2) is 4.79 Å². The van der Waals surface area contributed by atoms with Gasteiger partial charge in [-0.05, 0) is 0 Å². The fraction of sp³-hybridized carbons (Fsp3) is 0.400. The third kappa shape index (κ3) is 1.97. The molecule has 1 aliphatic heterocycles. The molecule has 0 bridgehead atoms. The van der Waals surface area contributed by atoms with Crippen molar-refractivity contribution in [1.82, 2.24) is 5.32 Å². The van der Waals surface area contributed by atoms with Gasteiger partial charge in [0.25, 0.3) is 0 Å². The van der Waals surface area contributed by atoms with Crippen molar-refractivity contribution in [3.05, 3.63) is 11.1 Å². The molecule has 1 heterocycles. The number of aliphatic carboxylic acids is 1. The third-order valence-corrected chi connectivity index (χ3v) is 1.89. The third-order valence-electron chi connectivity index (χ3n) is 0.913. The quantitative estimate of drug-likeness (QED) is 0.519. The molecule has 2 N–H and O–H groups in total. The van der Waals surface area contributed by atoms with E-state index in [1.165, 1.54) is 17.8 Å². The van der Waals surface area contributed by atoms with Gasteiger partial charge in [0, 0.05) is 12.3 Å². The molecule has 0 radical (unpaired) electrons. The summed E-state index contributed by atoms with van der Waals surface area (Å²) in [6.07, 6.45) is 1.19. The lowest BCUT2D eigenvalue weighted by molar-refractivity contribution is -0.131. The van der Waals surface area contributed by atoms with Crippen molar-refractivity contribution in [2.45, 2.75) is 0 Å². The molecule has 0 aromatic heterocycles. The molecule has 0 aromatic rings. The second-order valence-electron chi connectivity index (χ2n) is 1.62. The highest BCUT2D eigenvalue weighted by Crippen LogP contribution is 2.16. The molecule has 3 nitrogen and oxygen atoms in total. The number of hydrogen-bond acceptors (Lipinski definition) is 3. The monoisotopic (exact) mass is 145 g/mol. The topological polar surface area (TPSA) is 49.3 Å². The van der Waals surface area contributed by atoms with Crippen LogP contribution in [0.1, 0.15) is 0 Å². The lowest BCUT2D eigenvalue weighted by atomic mass is 10.6. The molecule has 0 atom stereocenters. The maximum absolute atomic E-state index is 10.0. The van der Waals surface area contributed by atoms with Crippen molar-refractivity contribution in [1.29, 1.82) is 0 Å². The van der Waals surface area contributed by atoms with E-state index in [2.05, 4.69) is 5.32 Å². The van der Waals surface area contributed by atoms with Crippen LogP contribution in [-0.2, 0) is 4.79 Å². The van der Waals surface area contributed by atoms with E-state index < -0.39 is 5.97 Å². The van der Waals surface area contributed by atoms with Gasteiger partial charge in [0.1, 0.15) is 0 Å². The largest absolute Gasteiger partial charge is 0.478 e. The second-order valence-corrected chi connectivity index (χ2v) is 2.76. The molecule has 1 saturated heterocycles. The summed E-state index contributed by atoms with van der Waals surface area (Å²) < 4.78 is 0. The summed E-state index contributed by atoms with van der Waals surface area (Å²) >= 11 is 1.54. The summed E-state index contributed by atoms with van der Waals surface area (Å²) in [5, 5.41) is 11.9. The predicted molar refractivity (Wildman–Crippen MR) is 36.2 cm³/mol. The molecule has 50 valence electrons. The van der Waals surface area contributed by atoms with Gasteiger partial charge in [-0.3, -0.25) is 0 Å². The zero-order chi connectivity index (χ0) is 6.69. The maximum atomic E-state index is 10.0. The zero-order valence-corrected chi connectivity index (χ0v) is 5.57. The highest BCUT2D eigenvalue weighted by atomic mass is 32.2. The van der Waals surface area contributed by atoms with Crippen molar-refractivity contribution in [2.24, 2.45) is 0 Å². The van der Waals surface area contributed by atoms with Crippen LogP contribution in [0.5, 0.6) is 0 Å². The smallest absolute Gasteiger partial charge is 0.330 e. The standard InChI is InChI=1S/C5H7NO2S/c7-5(8)3-4-6-1-2-9-4/h3,6H,1-2H2,(H,7,8). The Morgan fingerprint density at radius 1 is 1.89 bits per heavy atom. The molecule has 0 saturated carbocycles. The number of rotatable bonds is 1. The van der Waals surface area contributed by atoms with E-state index in [0.29, 0.717) is 0 Å². The zero-order valence-electron chi connectivity index (χ0n) is 4.76. The summed E-state index contributed by atoms with van der Waals surface area (Å²) in [6, 6.07) is 0. The van der Waals surface area contributed by atoms with Gasteiger partial charge in [0.05, 0.1) is 11.1 Å². The average Bonchev–Trinajstić information content (AvgIpc) is 2.15. The molecule has 9 heavy (non-hydrogen) atoms. The molecule has 0 unspecified atom stereocenters. The van der Waals surface area contributed by atoms with Gasteiger partial charge in [-0.1, -0.05) is 0 Å². The molecule has 4 heteroatoms. The number of thioether (sulfide) groups is 1. The molecule has 0 aliphatic carbocycles. The lowest BCUT2D eigenvalue weighted by Crippen LogP contribution is -2.05. The van der Waals surface area contributed by atoms with Gasteiger partial charge in [0.2, 0.25) is 0 Å². The van der Waals surface area contributed by atoms with Crippen LogP contribution in [0.4, 0.5) is 0 Å². The fourth-order valence-electron chi connectivity index (χ4n) is 0.591. The Labute approximate surface area is 57.1 Å². The van der Waals surface area contributed by atoms with Gasteiger partial charge in [-0.2, -0.15) is 0 Å². The Balaban J connectivity index is 2.49. The van der Waals surface area contributed by atoms with E-state index in [4.69, 9.17) is 5.11 Å². The second kappa shape index (κ2) is 2.77. The minimum absolute atomic E-state index is 0.766. The van der Waals surface area contributed by atoms with E-state index in [9.17, 15) is 4.79 Å². The van der Waals surface area contributed by atoms with Crippen molar-refractivity contribution in [3.63, 3.8) is 0 Å². The minimum Gasteiger partial charge on any atom is -0.478 e. The van der Waals surface area contributed by atoms with Crippen LogP contribution in [0.3, 0.4) is 0 Å². The average molecular weight is 145 g/mol. The van der Waals surface area contributed by atoms with Crippen molar-refractivity contribution in [2.75, 3.05) is 12.3 Å². The highest BCUT2D eigenvalue weighted by molar-refractivity contribution is 8.03. The Bertz CT molecular complexity index is 147. The summed E-state index contributed by atoms with van der Waals surface area (Å²) in [6.45, 7) is 0.879. The molecule has 1 fully saturated rings. The van der Waals surface area contributed by atoms with Crippen LogP contribution < -0.4 is 5.32 Å². The Kier molecular flexibility index (Phi) is 2.00. The van der Waals surface area contributed by atoms with Crippen LogP contribution in [0.15, 0.2) is 11.1 Å². The first-order valence-electron chi connectivity index (χ1n) is 2.60. The number of carboxylic acids is 1. The first-order valence-corrected chi connectivity index (χ1v) is 3.59. The van der Waals surface area contributed by atoms with E-state index >= 15 is 0 Å². The first-order chi connectivity index (χ1) is 4.29. The van der Waals surface area contributed by atoms with E-state index in [0.717, 1.165) is 17.3 Å². The van der Waals surface area contributed by atoms with Crippen LogP contribution in [0, 0.1) is 0 Å². The molecule has 0 aromatic carbocycles. The van der Waals surface area contributed by atoms with E-state index in [-0.39, 0.29) is 0 Å². The van der Waals surface area contributed by atoms with Crippen LogP contribution in [-0.4, -0.2) is 23.4 Å². The van der Waals surface area contributed by atoms with Crippen LogP contribution in [0.25, 0.3) is 0 Å². The Hall–Kier alpha value is -0.640. The van der Waals surface area contributed by atoms with Gasteiger partial charge >= 0.3 is 5.97 Å². The predicted octanol–water partition coefficient (Wildman–Crippen LogP) is 0.249. The van der Waals surface area contributed by atoms with Gasteiger partial charge in [-0.15, -0.1) is 11.8 Å². The van der Waals surface area contributed by atoms with Crippen molar-refractivity contribution >= 4 is 17.7 Å². The molecule has 0 spiro atoms. The summed E-state index contributed by atoms with van der Waals surface area (Å²) in [5.74, 6) is 0.0888. The SMILES string of the molecule is O=C(O)C=C1NCCS1. The normalized spacial score (nSPS) is 22.0. The van der Waals surface area contributed by atoms with E-state index in [1.807, 2.05) is 0 Å². The summed E-state index contributed by atoms with van der Waals surface area (Å²) in [4.78, 5) is 10.0. The number of hydrogen-bond donors (Lipinski definition) is 2. The number of carbonyl (C=O) groups is 1. The molecular formula is C5H7NO2S. The first kappa shape index (κ1) is 6.48. The fourth-order valence-corrected chi connectivity index (χ4v) is 1.40. The summed E-state index contributed by atoms with van der Waals surface area (Å²) in [7, 11) is 0. The highest BCUT2D eigenvalue weighted by Gasteiger charge is 2.06. The Morgan fingerprint density at radius 3 is 3.11 bits per heavy atom. The lowest BCUT2D eigenvalue weighted by Gasteiger charge is -1.91. The molecule has 1 rings (SSSR count).